The van der Waals surface area contributed by atoms with E-state index in [-0.39, 0.29) is 17.7 Å². The van der Waals surface area contributed by atoms with Crippen molar-refractivity contribution in [3.8, 4) is 5.75 Å². The fraction of sp³-hybridized carbons (Fsp3) is 0.588. The summed E-state index contributed by atoms with van der Waals surface area (Å²) >= 11 is 0. The number of nitrogens with zero attached hydrogens (tertiary/aromatic N) is 2. The van der Waals surface area contributed by atoms with Crippen LogP contribution in [-0.4, -0.2) is 47.7 Å². The van der Waals surface area contributed by atoms with Crippen molar-refractivity contribution < 1.29 is 22.7 Å². The number of piperidine rings is 1. The van der Waals surface area contributed by atoms with E-state index in [9.17, 15) is 18.0 Å². The van der Waals surface area contributed by atoms with E-state index in [1.807, 2.05) is 11.0 Å². The highest BCUT2D eigenvalue weighted by atomic mass is 19.4. The number of carbonyl (C=O) groups excluding carboxylic acids is 1. The zero-order chi connectivity index (χ0) is 17.3. The Morgan fingerprint density at radius 1 is 1.25 bits per heavy atom. The molecule has 0 aliphatic carbocycles. The van der Waals surface area contributed by atoms with Crippen LogP contribution in [0.3, 0.4) is 0 Å². The first-order valence-corrected chi connectivity index (χ1v) is 8.14. The van der Waals surface area contributed by atoms with Crippen LogP contribution < -0.4 is 4.74 Å². The molecule has 0 saturated carbocycles. The molecular weight excluding hydrogens is 321 g/mol. The third-order valence-electron chi connectivity index (χ3n) is 4.79. The molecule has 7 heteroatoms. The molecule has 1 aromatic carbocycles. The van der Waals surface area contributed by atoms with Crippen LogP contribution in [0.1, 0.15) is 25.3 Å². The number of carbonyl (C=O) groups is 1. The molecule has 1 amide bonds. The largest absolute Gasteiger partial charge is 0.573 e. The molecule has 0 unspecified atom stereocenters. The van der Waals surface area contributed by atoms with E-state index in [1.165, 1.54) is 12.1 Å². The molecule has 3 heterocycles. The number of halogens is 3. The van der Waals surface area contributed by atoms with Crippen LogP contribution in [0.2, 0.25) is 0 Å². The molecule has 3 fully saturated rings. The summed E-state index contributed by atoms with van der Waals surface area (Å²) in [5, 5.41) is 0. The normalized spacial score (nSPS) is 24.8. The Morgan fingerprint density at radius 2 is 2.04 bits per heavy atom. The zero-order valence-corrected chi connectivity index (χ0v) is 13.6. The fourth-order valence-corrected chi connectivity index (χ4v) is 3.71. The molecule has 3 saturated heterocycles. The summed E-state index contributed by atoms with van der Waals surface area (Å²) in [5.41, 5.74) is 0.790. The van der Waals surface area contributed by atoms with Crippen LogP contribution in [0.5, 0.6) is 5.75 Å². The lowest BCUT2D eigenvalue weighted by molar-refractivity contribution is -0.274. The first-order chi connectivity index (χ1) is 11.3. The van der Waals surface area contributed by atoms with E-state index in [4.69, 9.17) is 0 Å². The average molecular weight is 342 g/mol. The van der Waals surface area contributed by atoms with E-state index >= 15 is 0 Å². The Morgan fingerprint density at radius 3 is 2.75 bits per heavy atom. The molecule has 0 N–H and O–H groups in total. The Labute approximate surface area is 139 Å². The SMILES string of the molecule is CC(=O)N1C[C@@H]2CC[C@H](C1)N(Cc1cccc(OC(F)(F)F)c1)C2. The number of fused-ring (bicyclic) bond motifs is 4. The fourth-order valence-electron chi connectivity index (χ4n) is 3.71. The molecule has 0 aromatic heterocycles. The second-order valence-electron chi connectivity index (χ2n) is 6.65. The topological polar surface area (TPSA) is 32.8 Å². The van der Waals surface area contributed by atoms with E-state index < -0.39 is 6.36 Å². The highest BCUT2D eigenvalue weighted by Crippen LogP contribution is 2.30. The van der Waals surface area contributed by atoms with Crippen molar-refractivity contribution in [3.05, 3.63) is 29.8 Å². The lowest BCUT2D eigenvalue weighted by Gasteiger charge is -2.36. The van der Waals surface area contributed by atoms with Crippen LogP contribution in [0.4, 0.5) is 13.2 Å². The Balaban J connectivity index is 1.70. The van der Waals surface area contributed by atoms with Gasteiger partial charge in [-0.1, -0.05) is 12.1 Å². The van der Waals surface area contributed by atoms with Gasteiger partial charge in [0.05, 0.1) is 0 Å². The number of rotatable bonds is 3. The number of amides is 1. The number of alkyl halides is 3. The summed E-state index contributed by atoms with van der Waals surface area (Å²) in [6.45, 7) is 4.51. The summed E-state index contributed by atoms with van der Waals surface area (Å²) in [7, 11) is 0. The van der Waals surface area contributed by atoms with Crippen molar-refractivity contribution in [2.45, 2.75) is 38.7 Å². The summed E-state index contributed by atoms with van der Waals surface area (Å²) in [4.78, 5) is 15.9. The molecule has 4 rings (SSSR count). The van der Waals surface area contributed by atoms with E-state index in [2.05, 4.69) is 9.64 Å². The summed E-state index contributed by atoms with van der Waals surface area (Å²) < 4.78 is 41.1. The first kappa shape index (κ1) is 17.1. The van der Waals surface area contributed by atoms with Gasteiger partial charge in [0, 0.05) is 39.1 Å². The molecule has 132 valence electrons. The number of hydrogen-bond donors (Lipinski definition) is 0. The van der Waals surface area contributed by atoms with Gasteiger partial charge in [0.15, 0.2) is 0 Å². The van der Waals surface area contributed by atoms with Gasteiger partial charge < -0.3 is 9.64 Å². The highest BCUT2D eigenvalue weighted by Gasteiger charge is 2.35. The number of ether oxygens (including phenoxy) is 1. The van der Waals surface area contributed by atoms with Crippen molar-refractivity contribution >= 4 is 5.91 Å². The molecule has 1 aromatic rings. The second-order valence-corrected chi connectivity index (χ2v) is 6.65. The summed E-state index contributed by atoms with van der Waals surface area (Å²) in [6, 6.07) is 6.40. The van der Waals surface area contributed by atoms with Crippen LogP contribution >= 0.6 is 0 Å². The van der Waals surface area contributed by atoms with Crippen molar-refractivity contribution in [2.75, 3.05) is 19.6 Å². The summed E-state index contributed by atoms with van der Waals surface area (Å²) in [6.07, 6.45) is -2.56. The number of benzene rings is 1. The minimum absolute atomic E-state index is 0.0920. The van der Waals surface area contributed by atoms with Gasteiger partial charge >= 0.3 is 6.36 Å². The number of hydrogen-bond acceptors (Lipinski definition) is 3. The van der Waals surface area contributed by atoms with Gasteiger partial charge in [-0.05, 0) is 36.5 Å². The maximum Gasteiger partial charge on any atom is 0.573 e. The van der Waals surface area contributed by atoms with Crippen molar-refractivity contribution in [1.82, 2.24) is 9.80 Å². The second kappa shape index (κ2) is 6.63. The quantitative estimate of drug-likeness (QED) is 0.846. The maximum absolute atomic E-state index is 12.4. The van der Waals surface area contributed by atoms with Gasteiger partial charge in [0.25, 0.3) is 0 Å². The predicted octanol–water partition coefficient (Wildman–Crippen LogP) is 3.03. The standard InChI is InChI=1S/C17H21F3N2O2/c1-12(23)21-9-14-5-6-15(11-21)22(10-14)8-13-3-2-4-16(7-13)24-17(18,19)20/h2-4,7,14-15H,5-6,8-11H2,1H3/t14-,15+/m0/s1. The van der Waals surface area contributed by atoms with E-state index in [0.717, 1.165) is 31.5 Å². The zero-order valence-electron chi connectivity index (χ0n) is 13.6. The van der Waals surface area contributed by atoms with Crippen molar-refractivity contribution in [3.63, 3.8) is 0 Å². The molecule has 2 atom stereocenters. The van der Waals surface area contributed by atoms with Gasteiger partial charge in [0.2, 0.25) is 5.91 Å². The van der Waals surface area contributed by atoms with E-state index in [1.54, 1.807) is 13.0 Å². The summed E-state index contributed by atoms with van der Waals surface area (Å²) in [5.74, 6) is 0.335. The minimum Gasteiger partial charge on any atom is -0.406 e. The third kappa shape index (κ3) is 4.20. The Hall–Kier alpha value is -1.76. The van der Waals surface area contributed by atoms with Crippen LogP contribution in [0, 0.1) is 5.92 Å². The van der Waals surface area contributed by atoms with Gasteiger partial charge in [-0.25, -0.2) is 0 Å². The lowest BCUT2D eigenvalue weighted by atomic mass is 9.94. The van der Waals surface area contributed by atoms with Crippen molar-refractivity contribution in [2.24, 2.45) is 5.92 Å². The van der Waals surface area contributed by atoms with Gasteiger partial charge in [-0.2, -0.15) is 0 Å². The van der Waals surface area contributed by atoms with E-state index in [0.29, 0.717) is 19.0 Å². The monoisotopic (exact) mass is 342 g/mol. The molecule has 0 radical (unpaired) electrons. The third-order valence-corrected chi connectivity index (χ3v) is 4.79. The molecule has 3 aliphatic heterocycles. The molecule has 4 nitrogen and oxygen atoms in total. The minimum atomic E-state index is -4.68. The van der Waals surface area contributed by atoms with Crippen LogP contribution in [0.15, 0.2) is 24.3 Å². The molecular formula is C17H21F3N2O2. The Bertz CT molecular complexity index is 606. The van der Waals surface area contributed by atoms with Crippen LogP contribution in [0.25, 0.3) is 0 Å². The van der Waals surface area contributed by atoms with Crippen molar-refractivity contribution in [1.29, 1.82) is 0 Å². The average Bonchev–Trinajstić information content (AvgIpc) is 2.77. The molecule has 0 spiro atoms. The first-order valence-electron chi connectivity index (χ1n) is 8.14. The molecule has 24 heavy (non-hydrogen) atoms. The maximum atomic E-state index is 12.4. The predicted molar refractivity (Wildman–Crippen MR) is 82.3 cm³/mol. The molecule has 3 aliphatic rings. The van der Waals surface area contributed by atoms with Gasteiger partial charge in [0.1, 0.15) is 5.75 Å². The van der Waals surface area contributed by atoms with Crippen LogP contribution in [-0.2, 0) is 11.3 Å². The smallest absolute Gasteiger partial charge is 0.406 e. The molecule has 2 bridgehead atoms. The van der Waals surface area contributed by atoms with Gasteiger partial charge in [-0.15, -0.1) is 13.2 Å². The lowest BCUT2D eigenvalue weighted by Crippen LogP contribution is -2.43. The van der Waals surface area contributed by atoms with Gasteiger partial charge in [-0.3, -0.25) is 9.69 Å². The highest BCUT2D eigenvalue weighted by molar-refractivity contribution is 5.73. The Kier molecular flexibility index (Phi) is 4.71.